The quantitative estimate of drug-likeness (QED) is 0.304. The maximum absolute atomic E-state index is 15.1. The molecule has 2 aliphatic carbocycles. The van der Waals surface area contributed by atoms with E-state index in [4.69, 9.17) is 0 Å². The van der Waals surface area contributed by atoms with Crippen LogP contribution in [0, 0.1) is 29.4 Å². The molecule has 0 heterocycles. The van der Waals surface area contributed by atoms with E-state index in [0.29, 0.717) is 17.0 Å². The molecule has 36 heavy (non-hydrogen) atoms. The van der Waals surface area contributed by atoms with Gasteiger partial charge in [0.15, 0.2) is 11.6 Å². The predicted octanol–water partition coefficient (Wildman–Crippen LogP) is 10.5. The summed E-state index contributed by atoms with van der Waals surface area (Å²) in [6.45, 7) is 4.28. The van der Waals surface area contributed by atoms with Crippen molar-refractivity contribution in [3.63, 3.8) is 0 Å². The normalized spacial score (nSPS) is 24.8. The van der Waals surface area contributed by atoms with Crippen molar-refractivity contribution in [2.75, 3.05) is 0 Å². The Balaban J connectivity index is 1.34. The fraction of sp³-hybridized carbons (Fsp3) is 0.515. The van der Waals surface area contributed by atoms with Crippen LogP contribution in [-0.2, 0) is 6.42 Å². The highest BCUT2D eigenvalue weighted by molar-refractivity contribution is 5.65. The first-order chi connectivity index (χ1) is 17.5. The van der Waals surface area contributed by atoms with Crippen molar-refractivity contribution < 1.29 is 13.2 Å². The Hall–Kier alpha value is -2.29. The first-order valence-electron chi connectivity index (χ1n) is 14.1. The lowest BCUT2D eigenvalue weighted by atomic mass is 9.77. The molecule has 2 atom stereocenters. The van der Waals surface area contributed by atoms with E-state index >= 15 is 8.78 Å². The van der Waals surface area contributed by atoms with E-state index in [9.17, 15) is 4.39 Å². The average Bonchev–Trinajstić information content (AvgIpc) is 2.90. The zero-order valence-electron chi connectivity index (χ0n) is 21.9. The number of halogens is 3. The maximum Gasteiger partial charge on any atom is 0.166 e. The first kappa shape index (κ1) is 26.8. The predicted molar refractivity (Wildman–Crippen MR) is 145 cm³/mol. The molecule has 2 aliphatic rings. The molecule has 0 radical (unpaired) electrons. The molecule has 0 nitrogen and oxygen atoms in total. The Morgan fingerprint density at radius 2 is 1.53 bits per heavy atom. The first-order valence-corrected chi connectivity index (χ1v) is 14.1. The van der Waals surface area contributed by atoms with Crippen molar-refractivity contribution in [1.82, 2.24) is 0 Å². The summed E-state index contributed by atoms with van der Waals surface area (Å²) in [5.41, 5.74) is 2.78. The monoisotopic (exact) mass is 494 g/mol. The van der Waals surface area contributed by atoms with Gasteiger partial charge in [0.05, 0.1) is 5.83 Å². The summed E-state index contributed by atoms with van der Waals surface area (Å²) in [5.74, 6) is -0.555. The number of hydrogen-bond acceptors (Lipinski definition) is 0. The van der Waals surface area contributed by atoms with Crippen molar-refractivity contribution in [2.45, 2.75) is 90.4 Å². The third kappa shape index (κ3) is 6.52. The number of aryl methyl sites for hydroxylation is 1. The molecule has 0 N–H and O–H groups in total. The molecular weight excluding hydrogens is 453 g/mol. The molecule has 1 saturated carbocycles. The number of allylic oxidation sites excluding steroid dienone is 4. The topological polar surface area (TPSA) is 0 Å². The van der Waals surface area contributed by atoms with Crippen LogP contribution in [0.1, 0.15) is 95.1 Å². The molecule has 0 amide bonds. The zero-order chi connectivity index (χ0) is 25.5. The van der Waals surface area contributed by atoms with E-state index in [2.05, 4.69) is 26.0 Å². The molecule has 0 aromatic heterocycles. The number of hydrogen-bond donors (Lipinski definition) is 0. The van der Waals surface area contributed by atoms with Gasteiger partial charge in [0.2, 0.25) is 0 Å². The van der Waals surface area contributed by atoms with E-state index in [-0.39, 0.29) is 23.6 Å². The summed E-state index contributed by atoms with van der Waals surface area (Å²) in [5, 5.41) is 0. The van der Waals surface area contributed by atoms with Crippen LogP contribution in [0.5, 0.6) is 0 Å². The lowest BCUT2D eigenvalue weighted by Gasteiger charge is -2.28. The number of unbranched alkanes of at least 4 members (excludes halogenated alkanes) is 1. The fourth-order valence-corrected chi connectivity index (χ4v) is 6.00. The molecule has 0 saturated heterocycles. The minimum atomic E-state index is -0.735. The van der Waals surface area contributed by atoms with Gasteiger partial charge in [-0.1, -0.05) is 81.7 Å². The zero-order valence-corrected chi connectivity index (χ0v) is 21.9. The second-order valence-corrected chi connectivity index (χ2v) is 10.9. The molecule has 2 aromatic rings. The van der Waals surface area contributed by atoms with Crippen LogP contribution in [0.25, 0.3) is 11.1 Å². The highest BCUT2D eigenvalue weighted by atomic mass is 19.2. The fourth-order valence-electron chi connectivity index (χ4n) is 6.00. The third-order valence-corrected chi connectivity index (χ3v) is 8.28. The van der Waals surface area contributed by atoms with Crippen LogP contribution in [-0.4, -0.2) is 0 Å². The van der Waals surface area contributed by atoms with Gasteiger partial charge in [0.25, 0.3) is 0 Å². The maximum atomic E-state index is 15.1. The summed E-state index contributed by atoms with van der Waals surface area (Å²) in [4.78, 5) is 0. The van der Waals surface area contributed by atoms with Crippen molar-refractivity contribution in [1.29, 1.82) is 0 Å². The van der Waals surface area contributed by atoms with Crippen LogP contribution >= 0.6 is 0 Å². The van der Waals surface area contributed by atoms with Gasteiger partial charge in [-0.25, -0.2) is 13.2 Å². The van der Waals surface area contributed by atoms with Crippen LogP contribution in [0.4, 0.5) is 13.2 Å². The van der Waals surface area contributed by atoms with Crippen LogP contribution in [0.2, 0.25) is 0 Å². The Kier molecular flexibility index (Phi) is 9.51. The van der Waals surface area contributed by atoms with Gasteiger partial charge in [-0.3, -0.25) is 0 Å². The molecule has 0 spiro atoms. The molecule has 194 valence electrons. The second-order valence-electron chi connectivity index (χ2n) is 10.9. The second kappa shape index (κ2) is 12.8. The minimum absolute atomic E-state index is 0.0523. The number of benzene rings is 2. The lowest BCUT2D eigenvalue weighted by molar-refractivity contribution is 0.353. The number of rotatable bonds is 9. The van der Waals surface area contributed by atoms with Gasteiger partial charge in [0, 0.05) is 11.5 Å². The summed E-state index contributed by atoms with van der Waals surface area (Å²) >= 11 is 0. The Bertz CT molecular complexity index is 1040. The van der Waals surface area contributed by atoms with Crippen molar-refractivity contribution in [3.8, 4) is 11.1 Å². The molecule has 1 fully saturated rings. The molecule has 2 aromatic carbocycles. The molecule has 0 aliphatic heterocycles. The average molecular weight is 495 g/mol. The van der Waals surface area contributed by atoms with E-state index in [1.54, 1.807) is 12.1 Å². The highest BCUT2D eigenvalue weighted by Gasteiger charge is 2.26. The molecule has 4 rings (SSSR count). The molecule has 3 heteroatoms. The largest absolute Gasteiger partial charge is 0.212 e. The van der Waals surface area contributed by atoms with Crippen LogP contribution < -0.4 is 0 Å². The van der Waals surface area contributed by atoms with E-state index in [1.165, 1.54) is 5.56 Å². The van der Waals surface area contributed by atoms with Gasteiger partial charge in [-0.15, -0.1) is 0 Å². The molecule has 2 unspecified atom stereocenters. The van der Waals surface area contributed by atoms with Crippen molar-refractivity contribution in [3.05, 3.63) is 83.2 Å². The summed E-state index contributed by atoms with van der Waals surface area (Å²) in [6.07, 6.45) is 17.0. The van der Waals surface area contributed by atoms with Crippen molar-refractivity contribution >= 4 is 0 Å². The molecule has 0 bridgehead atoms. The summed E-state index contributed by atoms with van der Waals surface area (Å²) in [7, 11) is 0. The van der Waals surface area contributed by atoms with Crippen molar-refractivity contribution in [2.24, 2.45) is 17.8 Å². The standard InChI is InChI=1S/C33H41F3/c1-3-5-7-28-19-14-25(22-31(28)34)9-8-24-12-17-27(18-13-24)30-21-20-29(32(35)33(30)36)26-15-10-23(6-4-2)11-16-26/h8-11,15-16,20-22,24-25,27-28H,3-7,12-14,17-19H2,1-2H3/b9-8+. The Morgan fingerprint density at radius 3 is 2.19 bits per heavy atom. The molecular formula is C33H41F3. The third-order valence-electron chi connectivity index (χ3n) is 8.28. The summed E-state index contributed by atoms with van der Waals surface area (Å²) < 4.78 is 44.6. The Morgan fingerprint density at radius 1 is 0.778 bits per heavy atom. The van der Waals surface area contributed by atoms with Gasteiger partial charge < -0.3 is 0 Å². The highest BCUT2D eigenvalue weighted by Crippen LogP contribution is 2.40. The lowest BCUT2D eigenvalue weighted by Crippen LogP contribution is -2.14. The van der Waals surface area contributed by atoms with Gasteiger partial charge >= 0.3 is 0 Å². The van der Waals surface area contributed by atoms with Gasteiger partial charge in [-0.2, -0.15) is 0 Å². The van der Waals surface area contributed by atoms with E-state index in [0.717, 1.165) is 76.2 Å². The van der Waals surface area contributed by atoms with E-state index < -0.39 is 11.6 Å². The van der Waals surface area contributed by atoms with E-state index in [1.807, 2.05) is 30.3 Å². The van der Waals surface area contributed by atoms with Crippen LogP contribution in [0.3, 0.4) is 0 Å². The summed E-state index contributed by atoms with van der Waals surface area (Å²) in [6, 6.07) is 11.3. The minimum Gasteiger partial charge on any atom is -0.212 e. The van der Waals surface area contributed by atoms with Crippen LogP contribution in [0.15, 0.2) is 60.5 Å². The smallest absolute Gasteiger partial charge is 0.166 e. The Labute approximate surface area is 215 Å². The van der Waals surface area contributed by atoms with Gasteiger partial charge in [0.1, 0.15) is 0 Å². The SMILES string of the molecule is CCCCC1CCC(/C=C/C2CCC(c3ccc(-c4ccc(CCC)cc4)c(F)c3F)CC2)C=C1F. The van der Waals surface area contributed by atoms with Gasteiger partial charge in [-0.05, 0) is 91.9 Å².